The van der Waals surface area contributed by atoms with Gasteiger partial charge < -0.3 is 15.1 Å². The monoisotopic (exact) mass is 260 g/mol. The van der Waals surface area contributed by atoms with Gasteiger partial charge in [-0.3, -0.25) is 4.79 Å². The predicted octanol–water partition coefficient (Wildman–Crippen LogP) is 1.86. The number of amides is 1. The molecule has 6 heteroatoms. The van der Waals surface area contributed by atoms with E-state index in [0.717, 1.165) is 12.8 Å². The van der Waals surface area contributed by atoms with Crippen LogP contribution in [0.25, 0.3) is 11.1 Å². The van der Waals surface area contributed by atoms with Crippen LogP contribution in [0, 0.1) is 6.92 Å². The van der Waals surface area contributed by atoms with Gasteiger partial charge in [-0.1, -0.05) is 0 Å². The molecule has 6 nitrogen and oxygen atoms in total. The fourth-order valence-electron chi connectivity index (χ4n) is 2.14. The molecule has 2 heterocycles. The molecule has 0 unspecified atom stereocenters. The van der Waals surface area contributed by atoms with Gasteiger partial charge in [0.05, 0.1) is 10.9 Å². The minimum absolute atomic E-state index is 0.0758. The van der Waals surface area contributed by atoms with Gasteiger partial charge in [0.15, 0.2) is 0 Å². The lowest BCUT2D eigenvalue weighted by molar-refractivity contribution is 0.0963. The number of furan rings is 1. The Hall–Kier alpha value is -2.11. The summed E-state index contributed by atoms with van der Waals surface area (Å²) in [6, 6.07) is 0. The number of rotatable bonds is 3. The Balaban J connectivity index is 2.18. The molecule has 3 rings (SSSR count). The zero-order valence-electron chi connectivity index (χ0n) is 11.2. The van der Waals surface area contributed by atoms with Gasteiger partial charge in [-0.2, -0.15) is 0 Å². The van der Waals surface area contributed by atoms with E-state index in [2.05, 4.69) is 27.5 Å². The van der Waals surface area contributed by atoms with Crippen molar-refractivity contribution in [1.82, 2.24) is 15.3 Å². The number of carbonyl (C=O) groups is 1. The van der Waals surface area contributed by atoms with Gasteiger partial charge in [-0.15, -0.1) is 0 Å². The summed E-state index contributed by atoms with van der Waals surface area (Å²) in [5.74, 6) is 1.04. The van der Waals surface area contributed by atoms with Gasteiger partial charge in [0.1, 0.15) is 17.9 Å². The summed E-state index contributed by atoms with van der Waals surface area (Å²) >= 11 is 0. The van der Waals surface area contributed by atoms with Crippen molar-refractivity contribution in [3.05, 3.63) is 17.7 Å². The highest BCUT2D eigenvalue weighted by molar-refractivity contribution is 6.10. The molecule has 100 valence electrons. The molecular weight excluding hydrogens is 244 g/mol. The van der Waals surface area contributed by atoms with Gasteiger partial charge in [0, 0.05) is 12.6 Å². The standard InChI is InChI=1S/C13H16N4O2/c1-7-8(11(18)14-3)9-10(17-13(2)4-5-13)15-6-16-12(9)19-7/h6H,4-5H2,1-3H3,(H,14,18)(H,15,16,17). The summed E-state index contributed by atoms with van der Waals surface area (Å²) in [4.78, 5) is 20.3. The van der Waals surface area contributed by atoms with Gasteiger partial charge >= 0.3 is 0 Å². The van der Waals surface area contributed by atoms with Crippen LogP contribution in [0.1, 0.15) is 35.9 Å². The number of carbonyl (C=O) groups excluding carboxylic acids is 1. The lowest BCUT2D eigenvalue weighted by atomic mass is 10.1. The Morgan fingerprint density at radius 3 is 2.79 bits per heavy atom. The van der Waals surface area contributed by atoms with E-state index in [1.807, 2.05) is 0 Å². The number of aryl methyl sites for hydroxylation is 1. The van der Waals surface area contributed by atoms with E-state index in [9.17, 15) is 4.79 Å². The highest BCUT2D eigenvalue weighted by Crippen LogP contribution is 2.40. The fourth-order valence-corrected chi connectivity index (χ4v) is 2.14. The molecule has 1 aliphatic rings. The highest BCUT2D eigenvalue weighted by atomic mass is 16.3. The molecule has 2 aromatic heterocycles. The Morgan fingerprint density at radius 1 is 1.42 bits per heavy atom. The average Bonchev–Trinajstić information content (AvgIpc) is 2.99. The first kappa shape index (κ1) is 12.0. The first-order chi connectivity index (χ1) is 9.04. The van der Waals surface area contributed by atoms with Crippen LogP contribution in [0.4, 0.5) is 5.82 Å². The van der Waals surface area contributed by atoms with E-state index < -0.39 is 0 Å². The lowest BCUT2D eigenvalue weighted by Crippen LogP contribution is -2.20. The maximum Gasteiger partial charge on any atom is 0.255 e. The zero-order chi connectivity index (χ0) is 13.6. The van der Waals surface area contributed by atoms with Gasteiger partial charge in [-0.25, -0.2) is 9.97 Å². The second-order valence-electron chi connectivity index (χ2n) is 5.20. The SMILES string of the molecule is CNC(=O)c1c(C)oc2ncnc(NC3(C)CC3)c12. The van der Waals surface area contributed by atoms with Crippen LogP contribution in [0.3, 0.4) is 0 Å². The van der Waals surface area contributed by atoms with E-state index >= 15 is 0 Å². The van der Waals surface area contributed by atoms with Crippen molar-refractivity contribution in [2.45, 2.75) is 32.2 Å². The summed E-state index contributed by atoms with van der Waals surface area (Å²) in [6.07, 6.45) is 3.66. The molecule has 1 amide bonds. The van der Waals surface area contributed by atoms with Gasteiger partial charge in [-0.05, 0) is 26.7 Å². The van der Waals surface area contributed by atoms with Crippen LogP contribution in [0.5, 0.6) is 0 Å². The van der Waals surface area contributed by atoms with Crippen LogP contribution in [-0.4, -0.2) is 28.5 Å². The Morgan fingerprint density at radius 2 is 2.16 bits per heavy atom. The molecule has 0 radical (unpaired) electrons. The van der Waals surface area contributed by atoms with Crippen molar-refractivity contribution in [2.75, 3.05) is 12.4 Å². The van der Waals surface area contributed by atoms with Gasteiger partial charge in [0.25, 0.3) is 5.91 Å². The van der Waals surface area contributed by atoms with E-state index in [4.69, 9.17) is 4.42 Å². The third kappa shape index (κ3) is 1.93. The maximum atomic E-state index is 12.0. The number of fused-ring (bicyclic) bond motifs is 1. The normalized spacial score (nSPS) is 16.4. The van der Waals surface area contributed by atoms with Crippen molar-refractivity contribution in [1.29, 1.82) is 0 Å². The number of hydrogen-bond acceptors (Lipinski definition) is 5. The molecule has 19 heavy (non-hydrogen) atoms. The molecule has 2 aromatic rings. The van der Waals surface area contributed by atoms with Crippen molar-refractivity contribution >= 4 is 22.8 Å². The number of aromatic nitrogens is 2. The zero-order valence-corrected chi connectivity index (χ0v) is 11.2. The minimum Gasteiger partial charge on any atom is -0.442 e. The maximum absolute atomic E-state index is 12.0. The van der Waals surface area contributed by atoms with Crippen LogP contribution < -0.4 is 10.6 Å². The number of nitrogens with one attached hydrogen (secondary N) is 2. The first-order valence-corrected chi connectivity index (χ1v) is 6.28. The molecule has 0 aliphatic heterocycles. The van der Waals surface area contributed by atoms with E-state index in [-0.39, 0.29) is 11.4 Å². The Bertz CT molecular complexity index is 658. The predicted molar refractivity (Wildman–Crippen MR) is 71.2 cm³/mol. The van der Waals surface area contributed by atoms with E-state index in [0.29, 0.717) is 28.2 Å². The number of anilines is 1. The number of nitrogens with zero attached hydrogens (tertiary/aromatic N) is 2. The van der Waals surface area contributed by atoms with Crippen molar-refractivity contribution in [2.24, 2.45) is 0 Å². The van der Waals surface area contributed by atoms with Crippen LogP contribution >= 0.6 is 0 Å². The highest BCUT2D eigenvalue weighted by Gasteiger charge is 2.38. The van der Waals surface area contributed by atoms with Crippen molar-refractivity contribution in [3.8, 4) is 0 Å². The van der Waals surface area contributed by atoms with E-state index in [1.165, 1.54) is 6.33 Å². The van der Waals surface area contributed by atoms with Crippen LogP contribution in [0.2, 0.25) is 0 Å². The smallest absolute Gasteiger partial charge is 0.255 e. The molecule has 0 aromatic carbocycles. The summed E-state index contributed by atoms with van der Waals surface area (Å²) in [5.41, 5.74) is 1.02. The quantitative estimate of drug-likeness (QED) is 0.880. The molecule has 2 N–H and O–H groups in total. The van der Waals surface area contributed by atoms with Crippen LogP contribution in [-0.2, 0) is 0 Å². The third-order valence-corrected chi connectivity index (χ3v) is 3.54. The number of hydrogen-bond donors (Lipinski definition) is 2. The summed E-state index contributed by atoms with van der Waals surface area (Å²) in [7, 11) is 1.60. The summed E-state index contributed by atoms with van der Waals surface area (Å²) < 4.78 is 5.55. The molecule has 1 aliphatic carbocycles. The van der Waals surface area contributed by atoms with E-state index in [1.54, 1.807) is 14.0 Å². The van der Waals surface area contributed by atoms with Crippen molar-refractivity contribution < 1.29 is 9.21 Å². The molecule has 0 bridgehead atoms. The van der Waals surface area contributed by atoms with Gasteiger partial charge in [0.2, 0.25) is 5.71 Å². The third-order valence-electron chi connectivity index (χ3n) is 3.54. The minimum atomic E-state index is -0.185. The molecule has 0 atom stereocenters. The first-order valence-electron chi connectivity index (χ1n) is 6.28. The van der Waals surface area contributed by atoms with Crippen molar-refractivity contribution in [3.63, 3.8) is 0 Å². The molecule has 1 saturated carbocycles. The Labute approximate surface area is 110 Å². The molecule has 1 fully saturated rings. The summed E-state index contributed by atoms with van der Waals surface area (Å²) in [6.45, 7) is 3.89. The molecular formula is C13H16N4O2. The molecule has 0 spiro atoms. The largest absolute Gasteiger partial charge is 0.442 e. The van der Waals surface area contributed by atoms with Crippen LogP contribution in [0.15, 0.2) is 10.7 Å². The topological polar surface area (TPSA) is 80.1 Å². The average molecular weight is 260 g/mol. The lowest BCUT2D eigenvalue weighted by Gasteiger charge is -2.12. The second-order valence-corrected chi connectivity index (χ2v) is 5.20. The Kier molecular flexibility index (Phi) is 2.48. The molecule has 0 saturated heterocycles. The summed E-state index contributed by atoms with van der Waals surface area (Å²) in [5, 5.41) is 6.66. The second kappa shape index (κ2) is 3.94. The fraction of sp³-hybridized carbons (Fsp3) is 0.462.